The maximum Gasteiger partial charge on any atom is 0.455 e. The van der Waals surface area contributed by atoms with E-state index in [-0.39, 0.29) is 18.0 Å². The van der Waals surface area contributed by atoms with Gasteiger partial charge in [-0.1, -0.05) is 18.2 Å². The van der Waals surface area contributed by atoms with E-state index >= 15 is 0 Å². The van der Waals surface area contributed by atoms with Gasteiger partial charge in [0.05, 0.1) is 7.11 Å². The molecule has 2 aromatic rings. The molecule has 0 unspecified atom stereocenters. The van der Waals surface area contributed by atoms with Crippen molar-refractivity contribution < 1.29 is 26.7 Å². The third-order valence-electron chi connectivity index (χ3n) is 3.20. The molecule has 0 aliphatic heterocycles. The fourth-order valence-electron chi connectivity index (χ4n) is 1.95. The molecule has 0 aliphatic rings. The summed E-state index contributed by atoms with van der Waals surface area (Å²) in [4.78, 5) is 0. The molecule has 0 radical (unpaired) electrons. The Morgan fingerprint density at radius 3 is 2.05 bits per heavy atom. The van der Waals surface area contributed by atoms with Gasteiger partial charge in [-0.3, -0.25) is 0 Å². The topological polar surface area (TPSA) is 35.2 Å². The summed E-state index contributed by atoms with van der Waals surface area (Å²) in [6.07, 6.45) is -5.69. The molecular formula is C14H13ClF5NO. The van der Waals surface area contributed by atoms with Gasteiger partial charge in [0.15, 0.2) is 0 Å². The zero-order chi connectivity index (χ0) is 15.8. The molecule has 0 saturated carbocycles. The predicted molar refractivity (Wildman–Crippen MR) is 75.7 cm³/mol. The van der Waals surface area contributed by atoms with E-state index in [9.17, 15) is 22.0 Å². The summed E-state index contributed by atoms with van der Waals surface area (Å²) in [5.41, 5.74) is 4.83. The summed E-state index contributed by atoms with van der Waals surface area (Å²) in [5.74, 6) is -4.44. The van der Waals surface area contributed by atoms with E-state index in [1.807, 2.05) is 0 Å². The Labute approximate surface area is 129 Å². The van der Waals surface area contributed by atoms with Crippen molar-refractivity contribution in [3.05, 3.63) is 42.0 Å². The van der Waals surface area contributed by atoms with Crippen LogP contribution in [-0.2, 0) is 0 Å². The average molecular weight is 342 g/mol. The third kappa shape index (κ3) is 3.25. The van der Waals surface area contributed by atoms with E-state index in [0.29, 0.717) is 16.5 Å². The van der Waals surface area contributed by atoms with E-state index in [1.165, 1.54) is 19.2 Å². The van der Waals surface area contributed by atoms with Gasteiger partial charge in [-0.05, 0) is 34.5 Å². The van der Waals surface area contributed by atoms with Gasteiger partial charge in [0, 0.05) is 0 Å². The zero-order valence-corrected chi connectivity index (χ0v) is 12.1. The molecule has 0 aliphatic carbocycles. The van der Waals surface area contributed by atoms with Gasteiger partial charge >= 0.3 is 12.1 Å². The molecule has 2 rings (SSSR count). The Bertz CT molecular complexity index is 659. The van der Waals surface area contributed by atoms with Gasteiger partial charge in [-0.2, -0.15) is 22.0 Å². The minimum Gasteiger partial charge on any atom is -0.497 e. The number of ether oxygens (including phenoxy) is 1. The van der Waals surface area contributed by atoms with Crippen LogP contribution in [0.15, 0.2) is 36.4 Å². The largest absolute Gasteiger partial charge is 0.497 e. The molecule has 0 fully saturated rings. The van der Waals surface area contributed by atoms with Crippen LogP contribution in [0.1, 0.15) is 11.6 Å². The number of nitrogens with two attached hydrogens (primary N) is 1. The second kappa shape index (κ2) is 6.26. The molecule has 1 atom stereocenters. The standard InChI is InChI=1S/C14H12F5NO.ClH/c1-21-11-5-4-8-6-10(3-2-9(8)7-11)12(20)13(15,16)14(17,18)19;/h2-7,12H,20H2,1H3;1H/t12-;/m1./s1. The smallest absolute Gasteiger partial charge is 0.455 e. The Morgan fingerprint density at radius 1 is 0.955 bits per heavy atom. The van der Waals surface area contributed by atoms with Gasteiger partial charge in [0.25, 0.3) is 0 Å². The fraction of sp³-hybridized carbons (Fsp3) is 0.286. The van der Waals surface area contributed by atoms with Crippen LogP contribution >= 0.6 is 12.4 Å². The van der Waals surface area contributed by atoms with Crippen LogP contribution in [-0.4, -0.2) is 19.2 Å². The predicted octanol–water partition coefficient (Wildman–Crippen LogP) is 4.47. The van der Waals surface area contributed by atoms with Crippen molar-refractivity contribution in [3.8, 4) is 5.75 Å². The molecule has 0 spiro atoms. The highest BCUT2D eigenvalue weighted by atomic mass is 35.5. The van der Waals surface area contributed by atoms with Crippen LogP contribution in [0.3, 0.4) is 0 Å². The van der Waals surface area contributed by atoms with Crippen molar-refractivity contribution in [1.82, 2.24) is 0 Å². The van der Waals surface area contributed by atoms with Crippen LogP contribution in [0, 0.1) is 0 Å². The Kier molecular flexibility index (Phi) is 5.25. The molecule has 8 heteroatoms. The molecule has 122 valence electrons. The molecule has 0 saturated heterocycles. The van der Waals surface area contributed by atoms with E-state index in [4.69, 9.17) is 10.5 Å². The molecule has 0 bridgehead atoms. The minimum atomic E-state index is -5.69. The number of fused-ring (bicyclic) bond motifs is 1. The number of benzene rings is 2. The molecule has 2 nitrogen and oxygen atoms in total. The third-order valence-corrected chi connectivity index (χ3v) is 3.20. The summed E-state index contributed by atoms with van der Waals surface area (Å²) >= 11 is 0. The average Bonchev–Trinajstić information content (AvgIpc) is 2.44. The first-order chi connectivity index (χ1) is 9.66. The van der Waals surface area contributed by atoms with Gasteiger partial charge in [0.1, 0.15) is 11.8 Å². The first-order valence-corrected chi connectivity index (χ1v) is 5.94. The van der Waals surface area contributed by atoms with E-state index in [1.54, 1.807) is 18.2 Å². The molecule has 2 N–H and O–H groups in total. The number of halogens is 6. The van der Waals surface area contributed by atoms with Gasteiger partial charge in [-0.15, -0.1) is 12.4 Å². The Morgan fingerprint density at radius 2 is 1.50 bits per heavy atom. The highest BCUT2D eigenvalue weighted by molar-refractivity contribution is 5.85. The SMILES string of the molecule is COc1ccc2cc([C@@H](N)C(F)(F)C(F)(F)F)ccc2c1.Cl. The van der Waals surface area contributed by atoms with Crippen molar-refractivity contribution in [2.24, 2.45) is 5.73 Å². The lowest BCUT2D eigenvalue weighted by atomic mass is 9.98. The van der Waals surface area contributed by atoms with Crippen LogP contribution in [0.25, 0.3) is 10.8 Å². The molecule has 0 heterocycles. The van der Waals surface area contributed by atoms with Crippen LogP contribution in [0.4, 0.5) is 22.0 Å². The summed E-state index contributed by atoms with van der Waals surface area (Å²) in [5, 5.41) is 1.15. The highest BCUT2D eigenvalue weighted by Crippen LogP contribution is 2.43. The first-order valence-electron chi connectivity index (χ1n) is 5.94. The molecule has 2 aromatic carbocycles. The lowest BCUT2D eigenvalue weighted by Gasteiger charge is -2.26. The summed E-state index contributed by atoms with van der Waals surface area (Å²) < 4.78 is 68.5. The summed E-state index contributed by atoms with van der Waals surface area (Å²) in [7, 11) is 1.47. The number of alkyl halides is 5. The van der Waals surface area contributed by atoms with Crippen molar-refractivity contribution in [3.63, 3.8) is 0 Å². The van der Waals surface area contributed by atoms with Crippen molar-refractivity contribution >= 4 is 23.2 Å². The van der Waals surface area contributed by atoms with Crippen LogP contribution in [0.5, 0.6) is 5.75 Å². The zero-order valence-electron chi connectivity index (χ0n) is 11.3. The summed E-state index contributed by atoms with van der Waals surface area (Å²) in [6, 6.07) is 6.15. The Hall–Kier alpha value is -1.60. The van der Waals surface area contributed by atoms with E-state index < -0.39 is 18.1 Å². The second-order valence-electron chi connectivity index (χ2n) is 4.57. The van der Waals surface area contributed by atoms with E-state index in [0.717, 1.165) is 6.07 Å². The maximum absolute atomic E-state index is 13.3. The maximum atomic E-state index is 13.3. The molecule has 0 aromatic heterocycles. The number of hydrogen-bond donors (Lipinski definition) is 1. The lowest BCUT2D eigenvalue weighted by molar-refractivity contribution is -0.290. The second-order valence-corrected chi connectivity index (χ2v) is 4.57. The van der Waals surface area contributed by atoms with Gasteiger partial charge in [0.2, 0.25) is 0 Å². The van der Waals surface area contributed by atoms with Gasteiger partial charge in [-0.25, -0.2) is 0 Å². The quantitative estimate of drug-likeness (QED) is 0.836. The summed E-state index contributed by atoms with van der Waals surface area (Å²) in [6.45, 7) is 0. The highest BCUT2D eigenvalue weighted by Gasteiger charge is 2.61. The minimum absolute atomic E-state index is 0. The molecule has 22 heavy (non-hydrogen) atoms. The van der Waals surface area contributed by atoms with Crippen molar-refractivity contribution in [2.45, 2.75) is 18.1 Å². The Balaban J connectivity index is 0.00000242. The number of methoxy groups -OCH3 is 1. The number of hydrogen-bond acceptors (Lipinski definition) is 2. The van der Waals surface area contributed by atoms with Crippen molar-refractivity contribution in [1.29, 1.82) is 0 Å². The van der Waals surface area contributed by atoms with Gasteiger partial charge < -0.3 is 10.5 Å². The van der Waals surface area contributed by atoms with Crippen molar-refractivity contribution in [2.75, 3.05) is 7.11 Å². The first kappa shape index (κ1) is 18.4. The number of rotatable bonds is 3. The molecule has 0 amide bonds. The molecular weight excluding hydrogens is 329 g/mol. The van der Waals surface area contributed by atoms with Crippen LogP contribution in [0.2, 0.25) is 0 Å². The van der Waals surface area contributed by atoms with Crippen LogP contribution < -0.4 is 10.5 Å². The fourth-order valence-corrected chi connectivity index (χ4v) is 1.95. The normalized spacial score (nSPS) is 13.6. The van der Waals surface area contributed by atoms with E-state index in [2.05, 4.69) is 0 Å². The monoisotopic (exact) mass is 341 g/mol. The lowest BCUT2D eigenvalue weighted by Crippen LogP contribution is -2.45.